The van der Waals surface area contributed by atoms with E-state index in [0.717, 1.165) is 0 Å². The number of carbonyl (C=O) groups is 1. The molecule has 58 valence electrons. The van der Waals surface area contributed by atoms with Crippen molar-refractivity contribution < 1.29 is 14.6 Å². The smallest absolute Gasteiger partial charge is 0.314 e. The molecule has 0 aliphatic carbocycles. The van der Waals surface area contributed by atoms with E-state index in [1.54, 1.807) is 0 Å². The minimum atomic E-state index is -0.728. The molecule has 1 N–H and O–H groups in total. The number of aliphatic carboxylic acids is 1. The summed E-state index contributed by atoms with van der Waals surface area (Å²) in [5, 5.41) is 8.77. The van der Waals surface area contributed by atoms with Gasteiger partial charge in [0.15, 0.2) is 0 Å². The molecule has 0 saturated carbocycles. The van der Waals surface area contributed by atoms with Gasteiger partial charge in [0.25, 0.3) is 0 Å². The lowest BCUT2D eigenvalue weighted by Crippen LogP contribution is -2.52. The molecule has 0 aromatic heterocycles. The summed E-state index contributed by atoms with van der Waals surface area (Å²) in [7, 11) is 0. The van der Waals surface area contributed by atoms with Crippen molar-refractivity contribution in [1.29, 1.82) is 0 Å². The molecule has 1 aliphatic rings. The fourth-order valence-corrected chi connectivity index (χ4v) is 1.03. The van der Waals surface area contributed by atoms with Gasteiger partial charge in [-0.25, -0.2) is 0 Å². The van der Waals surface area contributed by atoms with Crippen LogP contribution in [0.5, 0.6) is 0 Å². The predicted molar refractivity (Wildman–Crippen MR) is 35.7 cm³/mol. The first kappa shape index (κ1) is 7.54. The Morgan fingerprint density at radius 3 is 2.10 bits per heavy atom. The van der Waals surface area contributed by atoms with Gasteiger partial charge >= 0.3 is 5.97 Å². The second kappa shape index (κ2) is 2.23. The van der Waals surface area contributed by atoms with Crippen molar-refractivity contribution in [2.75, 3.05) is 13.2 Å². The third-order valence-electron chi connectivity index (χ3n) is 2.25. The van der Waals surface area contributed by atoms with Gasteiger partial charge in [0, 0.05) is 0 Å². The Balaban J connectivity index is 2.68. The number of rotatable bonds is 2. The van der Waals surface area contributed by atoms with Crippen LogP contribution in [0.3, 0.4) is 0 Å². The molecular formula is C7H12O3. The molecule has 0 aromatic carbocycles. The SMILES string of the molecule is CC(C)C1(C(=O)O)COC1. The Labute approximate surface area is 60.0 Å². The average Bonchev–Trinajstić information content (AvgIpc) is 1.57. The standard InChI is InChI=1S/C7H12O3/c1-5(2)7(6(8)9)3-10-4-7/h5H,3-4H2,1-2H3,(H,8,9). The molecule has 3 heteroatoms. The van der Waals surface area contributed by atoms with Crippen molar-refractivity contribution in [1.82, 2.24) is 0 Å². The Kier molecular flexibility index (Phi) is 1.68. The second-order valence-electron chi connectivity index (χ2n) is 3.11. The van der Waals surface area contributed by atoms with E-state index in [1.807, 2.05) is 13.8 Å². The van der Waals surface area contributed by atoms with Crippen molar-refractivity contribution in [3.05, 3.63) is 0 Å². The van der Waals surface area contributed by atoms with Gasteiger partial charge in [0.2, 0.25) is 0 Å². The number of hydrogen-bond acceptors (Lipinski definition) is 2. The Hall–Kier alpha value is -0.570. The Morgan fingerprint density at radius 1 is 1.60 bits per heavy atom. The van der Waals surface area contributed by atoms with Gasteiger partial charge in [-0.3, -0.25) is 4.79 Å². The summed E-state index contributed by atoms with van der Waals surface area (Å²) in [6.07, 6.45) is 0. The second-order valence-corrected chi connectivity index (χ2v) is 3.11. The molecule has 10 heavy (non-hydrogen) atoms. The van der Waals surface area contributed by atoms with E-state index < -0.39 is 11.4 Å². The molecule has 0 atom stereocenters. The summed E-state index contributed by atoms with van der Waals surface area (Å²) in [4.78, 5) is 10.7. The average molecular weight is 144 g/mol. The highest BCUT2D eigenvalue weighted by Crippen LogP contribution is 2.35. The third kappa shape index (κ3) is 0.814. The summed E-state index contributed by atoms with van der Waals surface area (Å²) < 4.78 is 4.88. The van der Waals surface area contributed by atoms with Crippen LogP contribution in [0.2, 0.25) is 0 Å². The van der Waals surface area contributed by atoms with E-state index in [1.165, 1.54) is 0 Å². The van der Waals surface area contributed by atoms with Gasteiger partial charge < -0.3 is 9.84 Å². The van der Waals surface area contributed by atoms with Crippen LogP contribution in [0.15, 0.2) is 0 Å². The summed E-state index contributed by atoms with van der Waals surface area (Å²) in [5.74, 6) is -0.563. The third-order valence-corrected chi connectivity index (χ3v) is 2.25. The largest absolute Gasteiger partial charge is 0.481 e. The molecule has 3 nitrogen and oxygen atoms in total. The molecule has 0 bridgehead atoms. The molecule has 1 aliphatic heterocycles. The molecular weight excluding hydrogens is 132 g/mol. The molecule has 1 saturated heterocycles. The van der Waals surface area contributed by atoms with Crippen LogP contribution in [0.25, 0.3) is 0 Å². The highest BCUT2D eigenvalue weighted by molar-refractivity contribution is 5.76. The molecule has 1 fully saturated rings. The van der Waals surface area contributed by atoms with Gasteiger partial charge in [0.05, 0.1) is 13.2 Å². The Bertz CT molecular complexity index is 147. The number of carboxylic acid groups (broad SMARTS) is 1. The van der Waals surface area contributed by atoms with Crippen LogP contribution < -0.4 is 0 Å². The lowest BCUT2D eigenvalue weighted by molar-refractivity contribution is -0.189. The topological polar surface area (TPSA) is 46.5 Å². The van der Waals surface area contributed by atoms with Crippen LogP contribution in [0.1, 0.15) is 13.8 Å². The lowest BCUT2D eigenvalue weighted by Gasteiger charge is -2.40. The van der Waals surface area contributed by atoms with Crippen molar-refractivity contribution in [2.45, 2.75) is 13.8 Å². The summed E-state index contributed by atoms with van der Waals surface area (Å²) >= 11 is 0. The van der Waals surface area contributed by atoms with Gasteiger partial charge in [-0.15, -0.1) is 0 Å². The monoisotopic (exact) mass is 144 g/mol. The van der Waals surface area contributed by atoms with Gasteiger partial charge in [-0.2, -0.15) is 0 Å². The van der Waals surface area contributed by atoms with E-state index >= 15 is 0 Å². The quantitative estimate of drug-likeness (QED) is 0.621. The van der Waals surface area contributed by atoms with Crippen LogP contribution in [0.4, 0.5) is 0 Å². The highest BCUT2D eigenvalue weighted by Gasteiger charge is 2.48. The fourth-order valence-electron chi connectivity index (χ4n) is 1.03. The molecule has 0 radical (unpaired) electrons. The fraction of sp³-hybridized carbons (Fsp3) is 0.857. The van der Waals surface area contributed by atoms with E-state index in [0.29, 0.717) is 13.2 Å². The van der Waals surface area contributed by atoms with E-state index in [2.05, 4.69) is 0 Å². The lowest BCUT2D eigenvalue weighted by atomic mass is 9.75. The van der Waals surface area contributed by atoms with Crippen molar-refractivity contribution in [3.8, 4) is 0 Å². The van der Waals surface area contributed by atoms with Crippen LogP contribution in [-0.2, 0) is 9.53 Å². The first-order chi connectivity index (χ1) is 4.59. The van der Waals surface area contributed by atoms with Crippen molar-refractivity contribution in [2.24, 2.45) is 11.3 Å². The summed E-state index contributed by atoms with van der Waals surface area (Å²) in [5.41, 5.74) is -0.583. The normalized spacial score (nSPS) is 22.3. The molecule has 0 aromatic rings. The van der Waals surface area contributed by atoms with Gasteiger partial charge in [-0.1, -0.05) is 13.8 Å². The number of carboxylic acids is 1. The van der Waals surface area contributed by atoms with E-state index in [-0.39, 0.29) is 5.92 Å². The highest BCUT2D eigenvalue weighted by atomic mass is 16.5. The van der Waals surface area contributed by atoms with Gasteiger partial charge in [-0.05, 0) is 5.92 Å². The molecule has 0 unspecified atom stereocenters. The maximum atomic E-state index is 10.7. The summed E-state index contributed by atoms with van der Waals surface area (Å²) in [6.45, 7) is 4.58. The maximum Gasteiger partial charge on any atom is 0.314 e. The summed E-state index contributed by atoms with van der Waals surface area (Å²) in [6, 6.07) is 0. The molecule has 1 rings (SSSR count). The van der Waals surface area contributed by atoms with E-state index in [9.17, 15) is 4.79 Å². The minimum Gasteiger partial charge on any atom is -0.481 e. The van der Waals surface area contributed by atoms with E-state index in [4.69, 9.17) is 9.84 Å². The van der Waals surface area contributed by atoms with Crippen LogP contribution in [0, 0.1) is 11.3 Å². The van der Waals surface area contributed by atoms with Crippen molar-refractivity contribution in [3.63, 3.8) is 0 Å². The van der Waals surface area contributed by atoms with Crippen LogP contribution >= 0.6 is 0 Å². The zero-order chi connectivity index (χ0) is 7.78. The van der Waals surface area contributed by atoms with Gasteiger partial charge in [0.1, 0.15) is 5.41 Å². The predicted octanol–water partition coefficient (Wildman–Crippen LogP) is 0.744. The number of ether oxygens (including phenoxy) is 1. The molecule has 0 amide bonds. The zero-order valence-electron chi connectivity index (χ0n) is 6.26. The first-order valence-electron chi connectivity index (χ1n) is 3.41. The zero-order valence-corrected chi connectivity index (χ0v) is 6.26. The van der Waals surface area contributed by atoms with Crippen LogP contribution in [-0.4, -0.2) is 24.3 Å². The first-order valence-corrected chi connectivity index (χ1v) is 3.41. The number of hydrogen-bond donors (Lipinski definition) is 1. The molecule has 0 spiro atoms. The maximum absolute atomic E-state index is 10.7. The minimum absolute atomic E-state index is 0.166. The molecule has 1 heterocycles. The van der Waals surface area contributed by atoms with Crippen molar-refractivity contribution >= 4 is 5.97 Å². The Morgan fingerprint density at radius 2 is 2.10 bits per heavy atom.